The van der Waals surface area contributed by atoms with Gasteiger partial charge in [0, 0.05) is 35.8 Å². The summed E-state index contributed by atoms with van der Waals surface area (Å²) < 4.78 is 0. The van der Waals surface area contributed by atoms with Gasteiger partial charge in [-0.05, 0) is 41.4 Å². The molecule has 4 rings (SSSR count). The minimum Gasteiger partial charge on any atom is -0.361 e. The van der Waals surface area contributed by atoms with Crippen LogP contribution in [-0.2, 0) is 10.5 Å². The molecule has 0 spiro atoms. The fraction of sp³-hybridized carbons (Fsp3) is 0.292. The maximum absolute atomic E-state index is 12.6. The van der Waals surface area contributed by atoms with E-state index in [0.717, 1.165) is 30.9 Å². The lowest BCUT2D eigenvalue weighted by atomic mass is 9.92. The normalized spacial score (nSPS) is 16.9. The quantitative estimate of drug-likeness (QED) is 0.520. The monoisotopic (exact) mass is 390 g/mol. The third-order valence-electron chi connectivity index (χ3n) is 5.31. The molecule has 3 aromatic rings. The van der Waals surface area contributed by atoms with Crippen molar-refractivity contribution < 1.29 is 4.79 Å². The van der Waals surface area contributed by atoms with Crippen molar-refractivity contribution >= 4 is 34.0 Å². The van der Waals surface area contributed by atoms with Crippen molar-refractivity contribution in [2.75, 3.05) is 12.3 Å². The molecule has 2 heterocycles. The summed E-state index contributed by atoms with van der Waals surface area (Å²) in [6, 6.07) is 18.8. The van der Waals surface area contributed by atoms with Crippen molar-refractivity contribution in [3.63, 3.8) is 0 Å². The van der Waals surface area contributed by atoms with E-state index in [1.807, 2.05) is 17.8 Å². The van der Waals surface area contributed by atoms with Crippen molar-refractivity contribution in [3.05, 3.63) is 78.0 Å². The molecule has 0 saturated heterocycles. The van der Waals surface area contributed by atoms with E-state index in [1.165, 1.54) is 27.6 Å². The Morgan fingerprint density at radius 1 is 1.07 bits per heavy atom. The second kappa shape index (κ2) is 9.26. The third-order valence-corrected chi connectivity index (χ3v) is 6.41. The second-order valence-corrected chi connectivity index (χ2v) is 8.35. The average Bonchev–Trinajstić information content (AvgIpc) is 3.17. The Hall–Kier alpha value is -2.30. The first-order valence-electron chi connectivity index (χ1n) is 9.94. The number of aromatic nitrogens is 1. The fourth-order valence-electron chi connectivity index (χ4n) is 3.77. The molecule has 0 aliphatic carbocycles. The molecule has 1 atom stereocenters. The molecule has 1 aromatic heterocycles. The average molecular weight is 391 g/mol. The molecule has 1 aliphatic rings. The zero-order chi connectivity index (χ0) is 19.2. The molecule has 2 aromatic carbocycles. The minimum atomic E-state index is -0.0428. The molecule has 1 unspecified atom stereocenters. The lowest BCUT2D eigenvalue weighted by molar-refractivity contribution is -0.121. The summed E-state index contributed by atoms with van der Waals surface area (Å²) in [6.07, 6.45) is 6.70. The maximum Gasteiger partial charge on any atom is 0.150 e. The standard InChI is InChI=1S/C24H26N2OS/c27-24(23-15-19(12-13-25-23)18-7-2-1-3-8-18)11-6-14-28-17-20-16-26-22-10-5-4-9-21(20)22/h1-5,7-10,12,16,23,25-26H,6,11,13-15,17H2. The van der Waals surface area contributed by atoms with Gasteiger partial charge < -0.3 is 10.3 Å². The molecule has 28 heavy (non-hydrogen) atoms. The van der Waals surface area contributed by atoms with E-state index < -0.39 is 0 Å². The molecule has 1 aliphatic heterocycles. The Bertz CT molecular complexity index is 961. The number of fused-ring (bicyclic) bond motifs is 1. The summed E-state index contributed by atoms with van der Waals surface area (Å²) in [5.41, 5.74) is 5.06. The van der Waals surface area contributed by atoms with Gasteiger partial charge in [0.1, 0.15) is 5.78 Å². The lowest BCUT2D eigenvalue weighted by Crippen LogP contribution is -2.39. The Labute approximate surface area is 170 Å². The lowest BCUT2D eigenvalue weighted by Gasteiger charge is -2.23. The van der Waals surface area contributed by atoms with Crippen LogP contribution in [-0.4, -0.2) is 29.1 Å². The van der Waals surface area contributed by atoms with Gasteiger partial charge >= 0.3 is 0 Å². The maximum atomic E-state index is 12.6. The number of hydrogen-bond acceptors (Lipinski definition) is 3. The van der Waals surface area contributed by atoms with Crippen LogP contribution in [0.25, 0.3) is 16.5 Å². The molecule has 0 bridgehead atoms. The SMILES string of the molecule is O=C(CCCSCc1c[nH]c2ccccc12)C1CC(c2ccccc2)=CCN1. The number of thioether (sulfide) groups is 1. The van der Waals surface area contributed by atoms with E-state index >= 15 is 0 Å². The summed E-state index contributed by atoms with van der Waals surface area (Å²) in [5.74, 6) is 2.34. The summed E-state index contributed by atoms with van der Waals surface area (Å²) in [5, 5.41) is 4.67. The summed E-state index contributed by atoms with van der Waals surface area (Å²) in [6.45, 7) is 0.774. The number of H-pyrrole nitrogens is 1. The fourth-order valence-corrected chi connectivity index (χ4v) is 4.72. The number of hydrogen-bond donors (Lipinski definition) is 2. The van der Waals surface area contributed by atoms with Gasteiger partial charge in [0.15, 0.2) is 0 Å². The topological polar surface area (TPSA) is 44.9 Å². The van der Waals surface area contributed by atoms with Crippen molar-refractivity contribution in [2.24, 2.45) is 0 Å². The van der Waals surface area contributed by atoms with E-state index in [9.17, 15) is 4.79 Å². The van der Waals surface area contributed by atoms with Gasteiger partial charge in [-0.1, -0.05) is 54.6 Å². The van der Waals surface area contributed by atoms with E-state index in [1.54, 1.807) is 0 Å². The van der Waals surface area contributed by atoms with E-state index in [4.69, 9.17) is 0 Å². The van der Waals surface area contributed by atoms with E-state index in [-0.39, 0.29) is 6.04 Å². The number of benzene rings is 2. The first-order chi connectivity index (χ1) is 13.8. The van der Waals surface area contributed by atoms with Gasteiger partial charge in [0.2, 0.25) is 0 Å². The van der Waals surface area contributed by atoms with Gasteiger partial charge in [-0.2, -0.15) is 11.8 Å². The third kappa shape index (κ3) is 4.57. The number of aromatic amines is 1. The van der Waals surface area contributed by atoms with Crippen LogP contribution in [0.5, 0.6) is 0 Å². The molecule has 0 radical (unpaired) electrons. The highest BCUT2D eigenvalue weighted by atomic mass is 32.2. The van der Waals surface area contributed by atoms with Gasteiger partial charge in [0.25, 0.3) is 0 Å². The van der Waals surface area contributed by atoms with Crippen LogP contribution < -0.4 is 5.32 Å². The Kier molecular flexibility index (Phi) is 6.30. The first kappa shape index (κ1) is 19.0. The van der Waals surface area contributed by atoms with Crippen molar-refractivity contribution in [3.8, 4) is 0 Å². The van der Waals surface area contributed by atoms with Gasteiger partial charge in [-0.15, -0.1) is 0 Å². The molecular weight excluding hydrogens is 364 g/mol. The van der Waals surface area contributed by atoms with Crippen LogP contribution in [0.1, 0.15) is 30.4 Å². The molecule has 2 N–H and O–H groups in total. The number of carbonyl (C=O) groups excluding carboxylic acids is 1. The molecule has 3 nitrogen and oxygen atoms in total. The number of para-hydroxylation sites is 1. The molecule has 4 heteroatoms. The largest absolute Gasteiger partial charge is 0.361 e. The number of carbonyl (C=O) groups is 1. The summed E-state index contributed by atoms with van der Waals surface area (Å²) in [7, 11) is 0. The highest BCUT2D eigenvalue weighted by Gasteiger charge is 2.22. The predicted molar refractivity (Wildman–Crippen MR) is 120 cm³/mol. The van der Waals surface area contributed by atoms with Crippen molar-refractivity contribution in [2.45, 2.75) is 31.1 Å². The molecule has 0 amide bonds. The van der Waals surface area contributed by atoms with Crippen molar-refractivity contribution in [1.82, 2.24) is 10.3 Å². The van der Waals surface area contributed by atoms with Crippen LogP contribution in [0.2, 0.25) is 0 Å². The minimum absolute atomic E-state index is 0.0428. The highest BCUT2D eigenvalue weighted by Crippen LogP contribution is 2.25. The van der Waals surface area contributed by atoms with Gasteiger partial charge in [0.05, 0.1) is 6.04 Å². The second-order valence-electron chi connectivity index (χ2n) is 7.24. The zero-order valence-corrected chi connectivity index (χ0v) is 16.8. The van der Waals surface area contributed by atoms with Crippen LogP contribution in [0.4, 0.5) is 0 Å². The number of rotatable bonds is 8. The smallest absolute Gasteiger partial charge is 0.150 e. The molecular formula is C24H26N2OS. The van der Waals surface area contributed by atoms with Gasteiger partial charge in [-0.25, -0.2) is 0 Å². The molecule has 0 saturated carbocycles. The zero-order valence-electron chi connectivity index (χ0n) is 16.0. The van der Waals surface area contributed by atoms with Crippen molar-refractivity contribution in [1.29, 1.82) is 0 Å². The van der Waals surface area contributed by atoms with Crippen LogP contribution in [0.15, 0.2) is 66.9 Å². The Morgan fingerprint density at radius 3 is 2.79 bits per heavy atom. The molecule has 0 fully saturated rings. The summed E-state index contributed by atoms with van der Waals surface area (Å²) >= 11 is 1.91. The number of Topliss-reactive ketones (excluding diaryl/α,β-unsaturated/α-hetero) is 1. The van der Waals surface area contributed by atoms with Gasteiger partial charge in [-0.3, -0.25) is 4.79 Å². The predicted octanol–water partition coefficient (Wildman–Crippen LogP) is 5.20. The first-order valence-corrected chi connectivity index (χ1v) is 11.1. The number of nitrogens with one attached hydrogen (secondary N) is 2. The van der Waals surface area contributed by atoms with Crippen LogP contribution in [0.3, 0.4) is 0 Å². The van der Waals surface area contributed by atoms with Crippen LogP contribution in [0, 0.1) is 0 Å². The van der Waals surface area contributed by atoms with Crippen LogP contribution >= 0.6 is 11.8 Å². The van der Waals surface area contributed by atoms with E-state index in [0.29, 0.717) is 12.2 Å². The summed E-state index contributed by atoms with van der Waals surface area (Å²) in [4.78, 5) is 16.0. The van der Waals surface area contributed by atoms with E-state index in [2.05, 4.69) is 71.1 Å². The number of ketones is 1. The highest BCUT2D eigenvalue weighted by molar-refractivity contribution is 7.98. The molecule has 144 valence electrons. The Balaban J connectivity index is 1.21. The Morgan fingerprint density at radius 2 is 1.89 bits per heavy atom.